The molecule has 0 heterocycles. The van der Waals surface area contributed by atoms with Gasteiger partial charge in [0.25, 0.3) is 0 Å². The van der Waals surface area contributed by atoms with Crippen molar-refractivity contribution in [2.24, 2.45) is 0 Å². The molecule has 1 aliphatic carbocycles. The number of methoxy groups -OCH3 is 3. The fourth-order valence-electron chi connectivity index (χ4n) is 2.83. The zero-order valence-electron chi connectivity index (χ0n) is 14.7. The highest BCUT2D eigenvalue weighted by atomic mass is 16.5. The zero-order chi connectivity index (χ0) is 18.7. The maximum absolute atomic E-state index is 12.9. The highest BCUT2D eigenvalue weighted by Gasteiger charge is 2.31. The van der Waals surface area contributed by atoms with Crippen LogP contribution in [0.3, 0.4) is 0 Å². The molecule has 132 valence electrons. The summed E-state index contributed by atoms with van der Waals surface area (Å²) < 4.78 is 15.6. The number of carbonyl (C=O) groups excluding carboxylic acids is 2. The first-order chi connectivity index (χ1) is 12.6. The second kappa shape index (κ2) is 7.27. The fraction of sp³-hybridized carbons (Fsp3) is 0.143. The van der Waals surface area contributed by atoms with Crippen molar-refractivity contribution in [2.75, 3.05) is 21.3 Å². The van der Waals surface area contributed by atoms with Crippen LogP contribution < -0.4 is 9.47 Å². The van der Waals surface area contributed by atoms with E-state index in [1.54, 1.807) is 62.8 Å². The summed E-state index contributed by atoms with van der Waals surface area (Å²) in [5.41, 5.74) is 1.78. The van der Waals surface area contributed by atoms with Crippen LogP contribution in [0.4, 0.5) is 0 Å². The third-order valence-corrected chi connectivity index (χ3v) is 4.18. The van der Waals surface area contributed by atoms with Gasteiger partial charge in [0.15, 0.2) is 11.5 Å². The van der Waals surface area contributed by atoms with E-state index in [4.69, 9.17) is 14.2 Å². The number of hydrogen-bond acceptors (Lipinski definition) is 5. The molecule has 0 saturated carbocycles. The summed E-state index contributed by atoms with van der Waals surface area (Å²) in [4.78, 5) is 25.7. The molecule has 0 unspecified atom stereocenters. The van der Waals surface area contributed by atoms with Gasteiger partial charge < -0.3 is 14.2 Å². The van der Waals surface area contributed by atoms with Crippen molar-refractivity contribution in [3.63, 3.8) is 0 Å². The standard InChI is InChI=1S/C21H18O5/c1-24-15-8-4-13(5-9-15)17-12-18(22)19(21(26-3)20(17)23)14-6-10-16(25-2)11-7-14/h4-12H,1-3H3. The number of Topliss-reactive ketones (excluding diaryl/α,β-unsaturated/α-hetero) is 1. The Morgan fingerprint density at radius 2 is 1.15 bits per heavy atom. The van der Waals surface area contributed by atoms with Gasteiger partial charge in [-0.3, -0.25) is 9.59 Å². The van der Waals surface area contributed by atoms with Crippen LogP contribution >= 0.6 is 0 Å². The van der Waals surface area contributed by atoms with E-state index in [2.05, 4.69) is 0 Å². The molecule has 5 nitrogen and oxygen atoms in total. The Bertz CT molecular complexity index is 902. The van der Waals surface area contributed by atoms with Crippen LogP contribution in [0, 0.1) is 0 Å². The summed E-state index contributed by atoms with van der Waals surface area (Å²) in [7, 11) is 4.52. The first-order valence-electron chi connectivity index (χ1n) is 7.97. The zero-order valence-corrected chi connectivity index (χ0v) is 14.7. The molecule has 0 spiro atoms. The molecule has 0 bridgehead atoms. The summed E-state index contributed by atoms with van der Waals surface area (Å²) in [6.07, 6.45) is 1.35. The Kier molecular flexibility index (Phi) is 4.89. The van der Waals surface area contributed by atoms with Gasteiger partial charge in [-0.1, -0.05) is 24.3 Å². The van der Waals surface area contributed by atoms with E-state index in [-0.39, 0.29) is 22.9 Å². The van der Waals surface area contributed by atoms with Crippen molar-refractivity contribution in [3.8, 4) is 11.5 Å². The van der Waals surface area contributed by atoms with E-state index in [0.29, 0.717) is 28.2 Å². The predicted molar refractivity (Wildman–Crippen MR) is 97.9 cm³/mol. The van der Waals surface area contributed by atoms with Crippen LogP contribution in [0.2, 0.25) is 0 Å². The van der Waals surface area contributed by atoms with E-state index in [0.717, 1.165) is 0 Å². The lowest BCUT2D eigenvalue weighted by Crippen LogP contribution is -2.19. The summed E-state index contributed by atoms with van der Waals surface area (Å²) in [6, 6.07) is 13.9. The molecule has 2 aromatic carbocycles. The van der Waals surface area contributed by atoms with Gasteiger partial charge in [0.05, 0.1) is 26.9 Å². The van der Waals surface area contributed by atoms with Crippen LogP contribution in [-0.4, -0.2) is 32.9 Å². The molecule has 0 N–H and O–H groups in total. The van der Waals surface area contributed by atoms with Crippen LogP contribution in [-0.2, 0) is 14.3 Å². The van der Waals surface area contributed by atoms with E-state index in [1.807, 2.05) is 0 Å². The molecule has 0 amide bonds. The SMILES string of the molecule is COC1=C(c2ccc(OC)cc2)C(=O)C=C(c2ccc(OC)cc2)C1=O. The Hall–Kier alpha value is -3.34. The topological polar surface area (TPSA) is 61.8 Å². The normalized spacial score (nSPS) is 14.2. The van der Waals surface area contributed by atoms with Gasteiger partial charge in [0.2, 0.25) is 5.78 Å². The Morgan fingerprint density at radius 1 is 0.654 bits per heavy atom. The van der Waals surface area contributed by atoms with Gasteiger partial charge in [0, 0.05) is 5.57 Å². The molecule has 0 atom stereocenters. The van der Waals surface area contributed by atoms with Crippen molar-refractivity contribution >= 4 is 22.7 Å². The second-order valence-corrected chi connectivity index (χ2v) is 5.62. The summed E-state index contributed by atoms with van der Waals surface area (Å²) >= 11 is 0. The molecule has 3 rings (SSSR count). The Balaban J connectivity index is 2.02. The molecule has 2 aromatic rings. The number of ketones is 2. The molecule has 1 aliphatic rings. The van der Waals surface area contributed by atoms with E-state index >= 15 is 0 Å². The number of ether oxygens (including phenoxy) is 3. The maximum Gasteiger partial charge on any atom is 0.229 e. The average Bonchev–Trinajstić information content (AvgIpc) is 2.69. The minimum atomic E-state index is -0.330. The molecule has 0 fully saturated rings. The molecule has 0 aliphatic heterocycles. The highest BCUT2D eigenvalue weighted by molar-refractivity contribution is 6.45. The molecular formula is C21H18O5. The first-order valence-corrected chi connectivity index (χ1v) is 7.97. The Morgan fingerprint density at radius 3 is 1.62 bits per heavy atom. The minimum absolute atomic E-state index is 0.0356. The van der Waals surface area contributed by atoms with Crippen molar-refractivity contribution in [3.05, 3.63) is 71.5 Å². The molecular weight excluding hydrogens is 332 g/mol. The fourth-order valence-corrected chi connectivity index (χ4v) is 2.83. The van der Waals surface area contributed by atoms with Gasteiger partial charge >= 0.3 is 0 Å². The van der Waals surface area contributed by atoms with E-state index < -0.39 is 0 Å². The lowest BCUT2D eigenvalue weighted by Gasteiger charge is -2.18. The maximum atomic E-state index is 12.9. The largest absolute Gasteiger partial charge is 0.497 e. The third-order valence-electron chi connectivity index (χ3n) is 4.18. The number of hydrogen-bond donors (Lipinski definition) is 0. The van der Waals surface area contributed by atoms with Gasteiger partial charge in [0.1, 0.15) is 11.5 Å². The molecule has 0 saturated heterocycles. The predicted octanol–water partition coefficient (Wildman–Crippen LogP) is 3.30. The molecule has 26 heavy (non-hydrogen) atoms. The number of rotatable bonds is 5. The third kappa shape index (κ3) is 3.11. The molecule has 0 aromatic heterocycles. The van der Waals surface area contributed by atoms with Crippen molar-refractivity contribution in [1.82, 2.24) is 0 Å². The summed E-state index contributed by atoms with van der Waals surface area (Å²) in [6.45, 7) is 0. The Labute approximate surface area is 151 Å². The highest BCUT2D eigenvalue weighted by Crippen LogP contribution is 2.33. The monoisotopic (exact) mass is 350 g/mol. The number of carbonyl (C=O) groups is 2. The lowest BCUT2D eigenvalue weighted by atomic mass is 9.87. The van der Waals surface area contributed by atoms with Gasteiger partial charge in [-0.2, -0.15) is 0 Å². The summed E-state index contributed by atoms with van der Waals surface area (Å²) in [5, 5.41) is 0. The van der Waals surface area contributed by atoms with Crippen molar-refractivity contribution in [2.45, 2.75) is 0 Å². The quantitative estimate of drug-likeness (QED) is 0.775. The van der Waals surface area contributed by atoms with Crippen molar-refractivity contribution in [1.29, 1.82) is 0 Å². The smallest absolute Gasteiger partial charge is 0.229 e. The second-order valence-electron chi connectivity index (χ2n) is 5.62. The van der Waals surface area contributed by atoms with Crippen LogP contribution in [0.1, 0.15) is 11.1 Å². The number of benzene rings is 2. The summed E-state index contributed by atoms with van der Waals surface area (Å²) in [5.74, 6) is 0.761. The molecule has 0 radical (unpaired) electrons. The van der Waals surface area contributed by atoms with Gasteiger partial charge in [-0.15, -0.1) is 0 Å². The number of allylic oxidation sites excluding steroid dienone is 3. The first kappa shape index (κ1) is 17.5. The van der Waals surface area contributed by atoms with Gasteiger partial charge in [-0.05, 0) is 41.5 Å². The van der Waals surface area contributed by atoms with Gasteiger partial charge in [-0.25, -0.2) is 0 Å². The molecule has 5 heteroatoms. The minimum Gasteiger partial charge on any atom is -0.497 e. The lowest BCUT2D eigenvalue weighted by molar-refractivity contribution is -0.115. The van der Waals surface area contributed by atoms with E-state index in [1.165, 1.54) is 13.2 Å². The van der Waals surface area contributed by atoms with Crippen LogP contribution in [0.25, 0.3) is 11.1 Å². The van der Waals surface area contributed by atoms with Crippen molar-refractivity contribution < 1.29 is 23.8 Å². The van der Waals surface area contributed by atoms with Crippen LogP contribution in [0.15, 0.2) is 60.4 Å². The van der Waals surface area contributed by atoms with E-state index in [9.17, 15) is 9.59 Å². The average molecular weight is 350 g/mol. The van der Waals surface area contributed by atoms with Crippen LogP contribution in [0.5, 0.6) is 11.5 Å².